The van der Waals surface area contributed by atoms with Crippen molar-refractivity contribution in [1.29, 1.82) is 0 Å². The van der Waals surface area contributed by atoms with Gasteiger partial charge in [-0.3, -0.25) is 0 Å². The maximum atomic E-state index is 5.48. The van der Waals surface area contributed by atoms with Crippen LogP contribution in [0, 0.1) is 0 Å². The summed E-state index contributed by atoms with van der Waals surface area (Å²) in [6, 6.07) is 63.5. The predicted octanol–water partition coefficient (Wildman–Crippen LogP) is 14.7. The van der Waals surface area contributed by atoms with Crippen molar-refractivity contribution < 1.29 is 0 Å². The smallest absolute Gasteiger partial charge is 0.165 e. The summed E-state index contributed by atoms with van der Waals surface area (Å²) < 4.78 is 2.61. The van der Waals surface area contributed by atoms with Gasteiger partial charge < -0.3 is 0 Å². The lowest BCUT2D eigenvalue weighted by Gasteiger charge is -2.24. The Morgan fingerprint density at radius 3 is 1.90 bits per heavy atom. The molecule has 0 bridgehead atoms. The van der Waals surface area contributed by atoms with Crippen LogP contribution in [0.5, 0.6) is 0 Å². The molecule has 1 aliphatic carbocycles. The molecule has 9 aromatic carbocycles. The van der Waals surface area contributed by atoms with E-state index in [0.717, 1.165) is 32.8 Å². The average Bonchev–Trinajstić information content (AvgIpc) is 3.77. The Balaban J connectivity index is 1.10. The summed E-state index contributed by atoms with van der Waals surface area (Å²) in [6.45, 7) is 4.65. The van der Waals surface area contributed by atoms with E-state index in [2.05, 4.69) is 190 Å². The Hall–Kier alpha value is -7.01. The van der Waals surface area contributed by atoms with Gasteiger partial charge in [0, 0.05) is 42.3 Å². The molecule has 0 saturated carbocycles. The van der Waals surface area contributed by atoms with Crippen molar-refractivity contribution in [2.45, 2.75) is 19.3 Å². The van der Waals surface area contributed by atoms with E-state index in [-0.39, 0.29) is 5.41 Å². The molecule has 0 spiro atoms. The van der Waals surface area contributed by atoms with Crippen molar-refractivity contribution in [3.05, 3.63) is 187 Å². The molecular formula is C54H35N3S. The number of benzene rings is 9. The minimum atomic E-state index is -0.240. The highest BCUT2D eigenvalue weighted by Crippen LogP contribution is 2.52. The summed E-state index contributed by atoms with van der Waals surface area (Å²) >= 11 is 1.86. The number of hydrogen-bond acceptors (Lipinski definition) is 4. The van der Waals surface area contributed by atoms with E-state index in [1.807, 2.05) is 11.3 Å². The first-order chi connectivity index (χ1) is 28.5. The number of hydrogen-bond donors (Lipinski definition) is 0. The summed E-state index contributed by atoms with van der Waals surface area (Å²) in [4.78, 5) is 16.3. The second-order valence-electron chi connectivity index (χ2n) is 15.9. The van der Waals surface area contributed by atoms with Crippen molar-refractivity contribution >= 4 is 63.8 Å². The first kappa shape index (κ1) is 33.2. The lowest BCUT2D eigenvalue weighted by Crippen LogP contribution is -2.17. The SMILES string of the molecule is CC1(C)c2ccccc2-c2cccc(-c3nc(-c4ccc(-c5cccc6c5sc5ccccc56)cc4)nc(-c4c5ccccc5cc5c4ccc4ccccc45)n3)c21. The molecule has 1 aliphatic rings. The Morgan fingerprint density at radius 2 is 1.02 bits per heavy atom. The highest BCUT2D eigenvalue weighted by molar-refractivity contribution is 7.26. The van der Waals surface area contributed by atoms with Gasteiger partial charge in [0.15, 0.2) is 17.5 Å². The molecule has 58 heavy (non-hydrogen) atoms. The van der Waals surface area contributed by atoms with Crippen LogP contribution in [0.2, 0.25) is 0 Å². The van der Waals surface area contributed by atoms with Crippen molar-refractivity contribution in [3.63, 3.8) is 0 Å². The molecule has 0 saturated heterocycles. The minimum Gasteiger partial charge on any atom is -0.208 e. The van der Waals surface area contributed by atoms with Crippen LogP contribution < -0.4 is 0 Å². The minimum absolute atomic E-state index is 0.240. The van der Waals surface area contributed by atoms with E-state index in [1.54, 1.807) is 0 Å². The van der Waals surface area contributed by atoms with Gasteiger partial charge in [0.25, 0.3) is 0 Å². The highest BCUT2D eigenvalue weighted by Gasteiger charge is 2.38. The molecule has 272 valence electrons. The third-order valence-electron chi connectivity index (χ3n) is 12.3. The van der Waals surface area contributed by atoms with Gasteiger partial charge in [-0.25, -0.2) is 15.0 Å². The Kier molecular flexibility index (Phi) is 7.14. The number of nitrogens with zero attached hydrogens (tertiary/aromatic N) is 3. The lowest BCUT2D eigenvalue weighted by atomic mass is 9.80. The van der Waals surface area contributed by atoms with Crippen LogP contribution in [-0.2, 0) is 5.41 Å². The van der Waals surface area contributed by atoms with Crippen molar-refractivity contribution in [2.75, 3.05) is 0 Å². The van der Waals surface area contributed by atoms with Crippen LogP contribution in [0.3, 0.4) is 0 Å². The first-order valence-corrected chi connectivity index (χ1v) is 20.7. The van der Waals surface area contributed by atoms with Crippen molar-refractivity contribution in [2.24, 2.45) is 0 Å². The maximum absolute atomic E-state index is 5.48. The molecule has 3 nitrogen and oxygen atoms in total. The van der Waals surface area contributed by atoms with E-state index in [4.69, 9.17) is 15.0 Å². The molecule has 0 radical (unpaired) electrons. The van der Waals surface area contributed by atoms with Crippen LogP contribution in [0.1, 0.15) is 25.0 Å². The number of aromatic nitrogens is 3. The summed E-state index contributed by atoms with van der Waals surface area (Å²) in [5, 5.41) is 9.61. The Bertz CT molecular complexity index is 3490. The zero-order valence-corrected chi connectivity index (χ0v) is 32.8. The molecular weight excluding hydrogens is 723 g/mol. The molecule has 11 aromatic rings. The fraction of sp³-hybridized carbons (Fsp3) is 0.0556. The summed E-state index contributed by atoms with van der Waals surface area (Å²) in [7, 11) is 0. The van der Waals surface area contributed by atoms with Crippen molar-refractivity contribution in [1.82, 2.24) is 15.0 Å². The van der Waals surface area contributed by atoms with Crippen LogP contribution in [0.4, 0.5) is 0 Å². The lowest BCUT2D eigenvalue weighted by molar-refractivity contribution is 0.661. The molecule has 0 amide bonds. The second kappa shape index (κ2) is 12.5. The average molecular weight is 758 g/mol. The number of thiophene rings is 1. The molecule has 12 rings (SSSR count). The van der Waals surface area contributed by atoms with Gasteiger partial charge in [-0.15, -0.1) is 11.3 Å². The van der Waals surface area contributed by atoms with Crippen molar-refractivity contribution in [3.8, 4) is 56.4 Å². The Morgan fingerprint density at radius 1 is 0.397 bits per heavy atom. The topological polar surface area (TPSA) is 38.7 Å². The summed E-state index contributed by atoms with van der Waals surface area (Å²) in [5.41, 5.74) is 10.2. The van der Waals surface area contributed by atoms with E-state index in [1.165, 1.54) is 69.7 Å². The maximum Gasteiger partial charge on any atom is 0.165 e. The monoisotopic (exact) mass is 757 g/mol. The van der Waals surface area contributed by atoms with Gasteiger partial charge in [0.2, 0.25) is 0 Å². The fourth-order valence-electron chi connectivity index (χ4n) is 9.61. The highest BCUT2D eigenvalue weighted by atomic mass is 32.1. The molecule has 0 aliphatic heterocycles. The van der Waals surface area contributed by atoms with Crippen LogP contribution in [0.15, 0.2) is 176 Å². The zero-order chi connectivity index (χ0) is 38.5. The number of rotatable bonds is 4. The third kappa shape index (κ3) is 4.88. The van der Waals surface area contributed by atoms with Gasteiger partial charge in [-0.05, 0) is 77.8 Å². The molecule has 4 heteroatoms. The van der Waals surface area contributed by atoms with Crippen LogP contribution in [-0.4, -0.2) is 15.0 Å². The van der Waals surface area contributed by atoms with E-state index in [9.17, 15) is 0 Å². The largest absolute Gasteiger partial charge is 0.208 e. The zero-order valence-electron chi connectivity index (χ0n) is 32.0. The first-order valence-electron chi connectivity index (χ1n) is 19.9. The van der Waals surface area contributed by atoms with Gasteiger partial charge in [0.1, 0.15) is 0 Å². The molecule has 0 unspecified atom stereocenters. The normalized spacial score (nSPS) is 13.1. The van der Waals surface area contributed by atoms with E-state index in [0.29, 0.717) is 17.5 Å². The quantitative estimate of drug-likeness (QED) is 0.133. The third-order valence-corrected chi connectivity index (χ3v) is 13.5. The van der Waals surface area contributed by atoms with Gasteiger partial charge in [-0.2, -0.15) is 0 Å². The molecule has 0 fully saturated rings. The fourth-order valence-corrected chi connectivity index (χ4v) is 10.8. The van der Waals surface area contributed by atoms with Crippen LogP contribution in [0.25, 0.3) is 109 Å². The van der Waals surface area contributed by atoms with Gasteiger partial charge in [-0.1, -0.05) is 178 Å². The van der Waals surface area contributed by atoms with E-state index < -0.39 is 0 Å². The van der Waals surface area contributed by atoms with E-state index >= 15 is 0 Å². The molecule has 2 heterocycles. The molecule has 0 atom stereocenters. The number of fused-ring (bicyclic) bond motifs is 10. The summed E-state index contributed by atoms with van der Waals surface area (Å²) in [6.07, 6.45) is 0. The Labute approximate surface area is 340 Å². The predicted molar refractivity (Wildman–Crippen MR) is 245 cm³/mol. The summed E-state index contributed by atoms with van der Waals surface area (Å²) in [5.74, 6) is 2.00. The standard InChI is InChI=1S/C54H35N3S/c1-54(2)46-23-9-7-17-39(46)42-20-12-22-44(49(42)54)52-55-51(34-27-25-33(26-28-34)38-19-11-21-43-40-18-8-10-24-47(40)58-50(38)43)56-53(57-52)48-37-16-6-4-14-35(37)31-45-36-15-5-3-13-32(36)29-30-41(45)48/h3-31H,1-2H3. The van der Waals surface area contributed by atoms with Gasteiger partial charge >= 0.3 is 0 Å². The molecule has 2 aromatic heterocycles. The van der Waals surface area contributed by atoms with Crippen LogP contribution >= 0.6 is 11.3 Å². The van der Waals surface area contributed by atoms with Gasteiger partial charge in [0.05, 0.1) is 0 Å². The second-order valence-corrected chi connectivity index (χ2v) is 17.0. The molecule has 0 N–H and O–H groups in total.